The summed E-state index contributed by atoms with van der Waals surface area (Å²) in [6.07, 6.45) is 2.98. The Morgan fingerprint density at radius 3 is 3.00 bits per heavy atom. The van der Waals surface area contributed by atoms with Gasteiger partial charge in [0.15, 0.2) is 11.6 Å². The van der Waals surface area contributed by atoms with E-state index in [0.29, 0.717) is 0 Å². The Morgan fingerprint density at radius 2 is 2.40 bits per heavy atom. The molecule has 1 fully saturated rings. The van der Waals surface area contributed by atoms with Gasteiger partial charge in [-0.05, 0) is 12.8 Å². The van der Waals surface area contributed by atoms with Gasteiger partial charge < -0.3 is 10.1 Å². The van der Waals surface area contributed by atoms with Crippen LogP contribution in [0.25, 0.3) is 0 Å². The molecule has 1 N–H and O–H groups in total. The monoisotopic (exact) mass is 210 g/mol. The molecule has 80 valence electrons. The number of amides is 1. The van der Waals surface area contributed by atoms with Crippen molar-refractivity contribution in [2.75, 3.05) is 7.05 Å². The normalized spacial score (nSPS) is 14.8. The highest BCUT2D eigenvalue weighted by Crippen LogP contribution is 2.28. The van der Waals surface area contributed by atoms with Crippen LogP contribution in [0.5, 0.6) is 5.75 Å². The summed E-state index contributed by atoms with van der Waals surface area (Å²) in [6.45, 7) is 0. The zero-order valence-corrected chi connectivity index (χ0v) is 8.29. The molecule has 5 heteroatoms. The van der Waals surface area contributed by atoms with Crippen molar-refractivity contribution in [3.63, 3.8) is 0 Å². The first-order chi connectivity index (χ1) is 7.20. The van der Waals surface area contributed by atoms with E-state index in [4.69, 9.17) is 4.74 Å². The summed E-state index contributed by atoms with van der Waals surface area (Å²) < 4.78 is 18.5. The Labute approximate surface area is 86.5 Å². The largest absolute Gasteiger partial charge is 0.487 e. The number of aromatic nitrogens is 1. The zero-order valence-electron chi connectivity index (χ0n) is 8.29. The van der Waals surface area contributed by atoms with E-state index in [1.165, 1.54) is 13.1 Å². The third-order valence-corrected chi connectivity index (χ3v) is 2.10. The molecule has 4 nitrogen and oxygen atoms in total. The van der Waals surface area contributed by atoms with E-state index in [2.05, 4.69) is 10.3 Å². The summed E-state index contributed by atoms with van der Waals surface area (Å²) in [4.78, 5) is 14.9. The topological polar surface area (TPSA) is 51.2 Å². The molecule has 1 heterocycles. The number of pyridine rings is 1. The van der Waals surface area contributed by atoms with Crippen molar-refractivity contribution in [3.8, 4) is 5.75 Å². The first-order valence-corrected chi connectivity index (χ1v) is 4.75. The average Bonchev–Trinajstić information content (AvgIpc) is 3.04. The number of carbonyl (C=O) groups excluding carboxylic acids is 1. The molecule has 0 spiro atoms. The van der Waals surface area contributed by atoms with Crippen LogP contribution in [-0.4, -0.2) is 24.0 Å². The molecule has 0 bridgehead atoms. The molecule has 0 atom stereocenters. The molecule has 0 aliphatic heterocycles. The van der Waals surface area contributed by atoms with Gasteiger partial charge in [0.25, 0.3) is 5.91 Å². The van der Waals surface area contributed by atoms with Crippen molar-refractivity contribution in [1.82, 2.24) is 10.3 Å². The van der Waals surface area contributed by atoms with Gasteiger partial charge in [0.05, 0.1) is 12.3 Å². The Kier molecular flexibility index (Phi) is 2.53. The Bertz CT molecular complexity index is 391. The van der Waals surface area contributed by atoms with E-state index in [-0.39, 0.29) is 23.5 Å². The molecule has 0 saturated heterocycles. The summed E-state index contributed by atoms with van der Waals surface area (Å²) in [5.41, 5.74) is 0.162. The molecule has 1 amide bonds. The Morgan fingerprint density at radius 1 is 1.67 bits per heavy atom. The fraction of sp³-hybridized carbons (Fsp3) is 0.400. The molecule has 1 aliphatic rings. The van der Waals surface area contributed by atoms with Crippen LogP contribution < -0.4 is 10.1 Å². The van der Waals surface area contributed by atoms with Gasteiger partial charge >= 0.3 is 0 Å². The highest BCUT2D eigenvalue weighted by molar-refractivity contribution is 5.92. The van der Waals surface area contributed by atoms with E-state index >= 15 is 0 Å². The fourth-order valence-corrected chi connectivity index (χ4v) is 1.13. The molecule has 15 heavy (non-hydrogen) atoms. The second-order valence-corrected chi connectivity index (χ2v) is 3.40. The molecule has 1 aromatic rings. The minimum absolute atomic E-state index is 0.0967. The van der Waals surface area contributed by atoms with E-state index in [1.54, 1.807) is 0 Å². The predicted octanol–water partition coefficient (Wildman–Crippen LogP) is 1.12. The van der Waals surface area contributed by atoms with Crippen molar-refractivity contribution < 1.29 is 13.9 Å². The van der Waals surface area contributed by atoms with Gasteiger partial charge in [0.1, 0.15) is 5.69 Å². The van der Waals surface area contributed by atoms with Crippen LogP contribution in [0.1, 0.15) is 23.3 Å². The predicted molar refractivity (Wildman–Crippen MR) is 51.2 cm³/mol. The van der Waals surface area contributed by atoms with Gasteiger partial charge in [-0.1, -0.05) is 0 Å². The minimum Gasteiger partial charge on any atom is -0.487 e. The SMILES string of the molecule is CNC(=O)c1cc(OC2CC2)c(F)cn1. The number of ether oxygens (including phenoxy) is 1. The first-order valence-electron chi connectivity index (χ1n) is 4.75. The second kappa shape index (κ2) is 3.84. The van der Waals surface area contributed by atoms with Gasteiger partial charge in [-0.25, -0.2) is 9.37 Å². The van der Waals surface area contributed by atoms with Crippen molar-refractivity contribution >= 4 is 5.91 Å². The van der Waals surface area contributed by atoms with Gasteiger partial charge in [-0.3, -0.25) is 4.79 Å². The summed E-state index contributed by atoms with van der Waals surface area (Å²) in [7, 11) is 1.49. The summed E-state index contributed by atoms with van der Waals surface area (Å²) in [5, 5.41) is 2.42. The molecule has 2 rings (SSSR count). The van der Waals surface area contributed by atoms with Crippen LogP contribution in [0, 0.1) is 5.82 Å². The standard InChI is InChI=1S/C10H11FN2O2/c1-12-10(14)8-4-9(7(11)5-13-8)15-6-2-3-6/h4-6H,2-3H2,1H3,(H,12,14). The van der Waals surface area contributed by atoms with Crippen molar-refractivity contribution in [2.45, 2.75) is 18.9 Å². The van der Waals surface area contributed by atoms with Gasteiger partial charge in [-0.15, -0.1) is 0 Å². The van der Waals surface area contributed by atoms with Crippen LogP contribution in [0.4, 0.5) is 4.39 Å². The van der Waals surface area contributed by atoms with Crippen LogP contribution >= 0.6 is 0 Å². The molecule has 1 saturated carbocycles. The summed E-state index contributed by atoms with van der Waals surface area (Å²) >= 11 is 0. The van der Waals surface area contributed by atoms with E-state index < -0.39 is 5.82 Å². The smallest absolute Gasteiger partial charge is 0.269 e. The van der Waals surface area contributed by atoms with E-state index in [1.807, 2.05) is 0 Å². The van der Waals surface area contributed by atoms with Gasteiger partial charge in [-0.2, -0.15) is 0 Å². The lowest BCUT2D eigenvalue weighted by atomic mass is 10.3. The van der Waals surface area contributed by atoms with Crippen molar-refractivity contribution in [3.05, 3.63) is 23.8 Å². The lowest BCUT2D eigenvalue weighted by Gasteiger charge is -2.06. The molecule has 0 radical (unpaired) electrons. The van der Waals surface area contributed by atoms with Crippen LogP contribution in [0.3, 0.4) is 0 Å². The fourth-order valence-electron chi connectivity index (χ4n) is 1.13. The molecule has 0 aromatic carbocycles. The van der Waals surface area contributed by atoms with E-state index in [0.717, 1.165) is 19.0 Å². The quantitative estimate of drug-likeness (QED) is 0.813. The Balaban J connectivity index is 2.22. The number of nitrogens with one attached hydrogen (secondary N) is 1. The molecular formula is C10H11FN2O2. The zero-order chi connectivity index (χ0) is 10.8. The number of nitrogens with zero attached hydrogens (tertiary/aromatic N) is 1. The van der Waals surface area contributed by atoms with Crippen molar-refractivity contribution in [1.29, 1.82) is 0 Å². The Hall–Kier alpha value is -1.65. The first kappa shape index (κ1) is 9.89. The van der Waals surface area contributed by atoms with Crippen LogP contribution in [0.2, 0.25) is 0 Å². The van der Waals surface area contributed by atoms with Crippen molar-refractivity contribution in [2.24, 2.45) is 0 Å². The van der Waals surface area contributed by atoms with Gasteiger partial charge in [0.2, 0.25) is 0 Å². The molecule has 1 aliphatic carbocycles. The third-order valence-electron chi connectivity index (χ3n) is 2.10. The summed E-state index contributed by atoms with van der Waals surface area (Å²) in [6, 6.07) is 1.33. The second-order valence-electron chi connectivity index (χ2n) is 3.40. The number of hydrogen-bond acceptors (Lipinski definition) is 3. The maximum Gasteiger partial charge on any atom is 0.269 e. The molecule has 1 aromatic heterocycles. The van der Waals surface area contributed by atoms with Gasteiger partial charge in [0, 0.05) is 13.1 Å². The molecular weight excluding hydrogens is 199 g/mol. The summed E-state index contributed by atoms with van der Waals surface area (Å²) in [5.74, 6) is -0.781. The maximum absolute atomic E-state index is 13.2. The molecule has 0 unspecified atom stereocenters. The minimum atomic E-state index is -0.533. The lowest BCUT2D eigenvalue weighted by molar-refractivity contribution is 0.0957. The maximum atomic E-state index is 13.2. The number of carbonyl (C=O) groups is 1. The average molecular weight is 210 g/mol. The number of rotatable bonds is 3. The number of halogens is 1. The lowest BCUT2D eigenvalue weighted by Crippen LogP contribution is -2.19. The highest BCUT2D eigenvalue weighted by Gasteiger charge is 2.25. The van der Waals surface area contributed by atoms with E-state index in [9.17, 15) is 9.18 Å². The van der Waals surface area contributed by atoms with Crippen LogP contribution in [0.15, 0.2) is 12.3 Å². The third kappa shape index (κ3) is 2.23. The number of hydrogen-bond donors (Lipinski definition) is 1. The van der Waals surface area contributed by atoms with Crippen LogP contribution in [-0.2, 0) is 0 Å². The highest BCUT2D eigenvalue weighted by atomic mass is 19.1.